The number of aliphatic hydroxyl groups is 2. The van der Waals surface area contributed by atoms with E-state index in [1.807, 2.05) is 0 Å². The summed E-state index contributed by atoms with van der Waals surface area (Å²) in [6.07, 6.45) is -0.984. The van der Waals surface area contributed by atoms with Gasteiger partial charge in [0, 0.05) is 17.3 Å². The van der Waals surface area contributed by atoms with Crippen LogP contribution in [0.15, 0.2) is 66.7 Å². The molecule has 0 unspecified atom stereocenters. The number of carbonyl (C=O) groups is 1. The molecule has 0 radical (unpaired) electrons. The summed E-state index contributed by atoms with van der Waals surface area (Å²) in [5, 5.41) is 21.1. The van der Waals surface area contributed by atoms with E-state index in [1.165, 1.54) is 12.1 Å². The van der Waals surface area contributed by atoms with Gasteiger partial charge in [-0.1, -0.05) is 24.3 Å². The predicted octanol–water partition coefficient (Wildman–Crippen LogP) is 3.35. The molecule has 158 valence electrons. The van der Waals surface area contributed by atoms with Gasteiger partial charge in [-0.15, -0.1) is 0 Å². The minimum absolute atomic E-state index is 0.0661. The third-order valence-corrected chi connectivity index (χ3v) is 4.60. The number of halogens is 1. The third kappa shape index (κ3) is 4.71. The molecule has 4 rings (SSSR count). The minimum atomic E-state index is -0.984. The number of carbonyl (C=O) groups excluding carboxylic acids is 1. The largest absolute Gasteiger partial charge is 0.491 e. The number of benzene rings is 3. The van der Waals surface area contributed by atoms with Gasteiger partial charge in [0.25, 0.3) is 5.91 Å². The number of amides is 1. The molecule has 1 amide bonds. The van der Waals surface area contributed by atoms with Gasteiger partial charge in [-0.25, -0.2) is 9.37 Å². The van der Waals surface area contributed by atoms with Crippen LogP contribution in [0, 0.1) is 5.82 Å². The maximum Gasteiger partial charge on any atom is 0.257 e. The summed E-state index contributed by atoms with van der Waals surface area (Å²) in [7, 11) is 0. The second-order valence-electron chi connectivity index (χ2n) is 6.93. The number of para-hydroxylation sites is 1. The number of ether oxygens (including phenoxy) is 1. The first-order chi connectivity index (χ1) is 15.0. The molecule has 0 saturated heterocycles. The Morgan fingerprint density at radius 3 is 2.74 bits per heavy atom. The minimum Gasteiger partial charge on any atom is -0.491 e. The highest BCUT2D eigenvalue weighted by atomic mass is 19.1. The van der Waals surface area contributed by atoms with Gasteiger partial charge in [-0.3, -0.25) is 4.79 Å². The first-order valence-electron chi connectivity index (χ1n) is 9.61. The highest BCUT2D eigenvalue weighted by molar-refractivity contribution is 6.11. The Labute approximate surface area is 177 Å². The number of fused-ring (bicyclic) bond motifs is 1. The molecule has 0 saturated carbocycles. The lowest BCUT2D eigenvalue weighted by molar-refractivity contribution is 0.0536. The van der Waals surface area contributed by atoms with Crippen molar-refractivity contribution in [2.45, 2.75) is 6.10 Å². The lowest BCUT2D eigenvalue weighted by atomic mass is 10.1. The van der Waals surface area contributed by atoms with Crippen LogP contribution in [0.25, 0.3) is 22.4 Å². The zero-order chi connectivity index (χ0) is 21.8. The number of hydrogen-bond acceptors (Lipinski definition) is 5. The van der Waals surface area contributed by atoms with E-state index in [-0.39, 0.29) is 18.3 Å². The number of rotatable bonds is 7. The van der Waals surface area contributed by atoms with Gasteiger partial charge in [0.15, 0.2) is 0 Å². The Hall–Kier alpha value is -3.75. The fourth-order valence-electron chi connectivity index (χ4n) is 3.10. The number of aromatic amines is 1. The van der Waals surface area contributed by atoms with Gasteiger partial charge in [0.1, 0.15) is 35.6 Å². The number of aliphatic hydroxyl groups excluding tert-OH is 2. The van der Waals surface area contributed by atoms with Crippen molar-refractivity contribution in [3.05, 3.63) is 78.1 Å². The van der Waals surface area contributed by atoms with E-state index in [2.05, 4.69) is 15.3 Å². The zero-order valence-corrected chi connectivity index (χ0v) is 16.4. The molecule has 0 aliphatic heterocycles. The number of anilines is 1. The summed E-state index contributed by atoms with van der Waals surface area (Å²) < 4.78 is 19.0. The van der Waals surface area contributed by atoms with E-state index in [0.29, 0.717) is 39.4 Å². The van der Waals surface area contributed by atoms with Crippen LogP contribution in [-0.2, 0) is 0 Å². The molecule has 1 heterocycles. The molecule has 8 heteroatoms. The van der Waals surface area contributed by atoms with E-state index >= 15 is 0 Å². The maximum atomic E-state index is 13.6. The Balaban J connectivity index is 1.57. The Morgan fingerprint density at radius 2 is 1.94 bits per heavy atom. The van der Waals surface area contributed by atoms with Crippen molar-refractivity contribution in [1.82, 2.24) is 9.97 Å². The molecule has 3 aromatic carbocycles. The van der Waals surface area contributed by atoms with Gasteiger partial charge >= 0.3 is 0 Å². The third-order valence-electron chi connectivity index (χ3n) is 4.60. The first kappa shape index (κ1) is 20.5. The van der Waals surface area contributed by atoms with Gasteiger partial charge in [-0.05, 0) is 36.4 Å². The molecule has 0 aliphatic carbocycles. The smallest absolute Gasteiger partial charge is 0.257 e. The second kappa shape index (κ2) is 8.95. The van der Waals surface area contributed by atoms with Crippen LogP contribution in [0.5, 0.6) is 5.75 Å². The molecule has 4 aromatic rings. The van der Waals surface area contributed by atoms with Gasteiger partial charge in [-0.2, -0.15) is 0 Å². The van der Waals surface area contributed by atoms with E-state index in [0.717, 1.165) is 0 Å². The van der Waals surface area contributed by atoms with Crippen molar-refractivity contribution in [3.63, 3.8) is 0 Å². The van der Waals surface area contributed by atoms with Gasteiger partial charge in [0.05, 0.1) is 17.7 Å². The SMILES string of the molecule is O=C(Nc1cccc(OC[C@H](O)CO)c1)c1cccc2[nH]c(-c3cccc(F)c3)nc12. The summed E-state index contributed by atoms with van der Waals surface area (Å²) in [5.41, 5.74) is 2.56. The quantitative estimate of drug-likeness (QED) is 0.366. The molecule has 0 spiro atoms. The van der Waals surface area contributed by atoms with Gasteiger partial charge < -0.3 is 25.3 Å². The first-order valence-corrected chi connectivity index (χ1v) is 9.61. The van der Waals surface area contributed by atoms with Crippen molar-refractivity contribution >= 4 is 22.6 Å². The Kier molecular flexibility index (Phi) is 5.92. The Bertz CT molecular complexity index is 1220. The van der Waals surface area contributed by atoms with E-state index in [9.17, 15) is 14.3 Å². The van der Waals surface area contributed by atoms with Crippen molar-refractivity contribution in [3.8, 4) is 17.1 Å². The van der Waals surface area contributed by atoms with Crippen LogP contribution in [0.3, 0.4) is 0 Å². The lowest BCUT2D eigenvalue weighted by Gasteiger charge is -2.11. The molecular weight excluding hydrogens is 401 g/mol. The average Bonchev–Trinajstić information content (AvgIpc) is 3.22. The monoisotopic (exact) mass is 421 g/mol. The molecule has 1 aromatic heterocycles. The molecule has 31 heavy (non-hydrogen) atoms. The fraction of sp³-hybridized carbons (Fsp3) is 0.130. The predicted molar refractivity (Wildman–Crippen MR) is 114 cm³/mol. The van der Waals surface area contributed by atoms with Crippen LogP contribution in [0.2, 0.25) is 0 Å². The Morgan fingerprint density at radius 1 is 1.13 bits per heavy atom. The fourth-order valence-corrected chi connectivity index (χ4v) is 3.10. The zero-order valence-electron chi connectivity index (χ0n) is 16.4. The van der Waals surface area contributed by atoms with E-state index < -0.39 is 12.7 Å². The van der Waals surface area contributed by atoms with Crippen LogP contribution in [0.1, 0.15) is 10.4 Å². The van der Waals surface area contributed by atoms with Crippen molar-refractivity contribution < 1.29 is 24.1 Å². The highest BCUT2D eigenvalue weighted by Gasteiger charge is 2.15. The topological polar surface area (TPSA) is 107 Å². The van der Waals surface area contributed by atoms with Crippen molar-refractivity contribution in [2.75, 3.05) is 18.5 Å². The standard InChI is InChI=1S/C23H20FN3O4/c24-15-5-1-4-14(10-15)22-26-20-9-3-8-19(21(20)27-22)23(30)25-16-6-2-7-18(11-16)31-13-17(29)12-28/h1-11,17,28-29H,12-13H2,(H,25,30)(H,26,27)/t17-/m1/s1. The number of nitrogens with one attached hydrogen (secondary N) is 2. The molecule has 0 bridgehead atoms. The van der Waals surface area contributed by atoms with E-state index in [1.54, 1.807) is 54.6 Å². The van der Waals surface area contributed by atoms with Crippen LogP contribution >= 0.6 is 0 Å². The molecular formula is C23H20FN3O4. The molecule has 7 nitrogen and oxygen atoms in total. The summed E-state index contributed by atoms with van der Waals surface area (Å²) in [4.78, 5) is 20.5. The molecule has 4 N–H and O–H groups in total. The van der Waals surface area contributed by atoms with Gasteiger partial charge in [0.2, 0.25) is 0 Å². The molecule has 1 atom stereocenters. The highest BCUT2D eigenvalue weighted by Crippen LogP contribution is 2.25. The molecule has 0 fully saturated rings. The number of imidazole rings is 1. The number of H-pyrrole nitrogens is 1. The summed E-state index contributed by atoms with van der Waals surface area (Å²) in [5.74, 6) is 0.171. The normalized spacial score (nSPS) is 12.0. The summed E-state index contributed by atoms with van der Waals surface area (Å²) in [6.45, 7) is -0.467. The number of hydrogen-bond donors (Lipinski definition) is 4. The second-order valence-corrected chi connectivity index (χ2v) is 6.93. The summed E-state index contributed by atoms with van der Waals surface area (Å²) >= 11 is 0. The number of aromatic nitrogens is 2. The van der Waals surface area contributed by atoms with Crippen LogP contribution in [0.4, 0.5) is 10.1 Å². The summed E-state index contributed by atoms with van der Waals surface area (Å²) in [6, 6.07) is 18.0. The van der Waals surface area contributed by atoms with Crippen molar-refractivity contribution in [1.29, 1.82) is 0 Å². The lowest BCUT2D eigenvalue weighted by Crippen LogP contribution is -2.21. The average molecular weight is 421 g/mol. The van der Waals surface area contributed by atoms with Crippen molar-refractivity contribution in [2.24, 2.45) is 0 Å². The van der Waals surface area contributed by atoms with Crippen LogP contribution in [-0.4, -0.2) is 45.4 Å². The van der Waals surface area contributed by atoms with E-state index in [4.69, 9.17) is 9.84 Å². The van der Waals surface area contributed by atoms with Crippen LogP contribution < -0.4 is 10.1 Å². The number of nitrogens with zero attached hydrogens (tertiary/aromatic N) is 1. The molecule has 0 aliphatic rings. The maximum absolute atomic E-state index is 13.6.